The summed E-state index contributed by atoms with van der Waals surface area (Å²) in [5.41, 5.74) is 2.80. The predicted octanol–water partition coefficient (Wildman–Crippen LogP) is 6.61. The molecule has 0 radical (unpaired) electrons. The minimum Gasteiger partial charge on any atom is -0.322 e. The fourth-order valence-corrected chi connectivity index (χ4v) is 4.22. The van der Waals surface area contributed by atoms with Crippen LogP contribution in [0.5, 0.6) is 0 Å². The van der Waals surface area contributed by atoms with Crippen LogP contribution in [0.15, 0.2) is 113 Å². The van der Waals surface area contributed by atoms with Gasteiger partial charge in [0.1, 0.15) is 6.07 Å². The maximum Gasteiger partial charge on any atom is 0.323 e. The molecule has 0 atom stereocenters. The second-order valence-electron chi connectivity index (χ2n) is 7.19. The Kier molecular flexibility index (Phi) is 7.23. The average molecular weight is 465 g/mol. The molecule has 4 aromatic carbocycles. The molecule has 0 aliphatic heterocycles. The van der Waals surface area contributed by atoms with E-state index in [0.29, 0.717) is 28.2 Å². The maximum absolute atomic E-state index is 13.1. The number of benzene rings is 4. The first-order valence-electron chi connectivity index (χ1n) is 10.4. The summed E-state index contributed by atoms with van der Waals surface area (Å²) >= 11 is 1.37. The van der Waals surface area contributed by atoms with Gasteiger partial charge in [0, 0.05) is 26.9 Å². The van der Waals surface area contributed by atoms with Crippen LogP contribution in [0.1, 0.15) is 15.9 Å². The van der Waals surface area contributed by atoms with E-state index in [1.54, 1.807) is 54.6 Å². The zero-order valence-corrected chi connectivity index (χ0v) is 18.8. The first-order valence-corrected chi connectivity index (χ1v) is 11.2. The summed E-state index contributed by atoms with van der Waals surface area (Å²) in [6, 6.07) is 32.3. The van der Waals surface area contributed by atoms with Gasteiger partial charge in [0.25, 0.3) is 5.91 Å². The fourth-order valence-electron chi connectivity index (χ4n) is 3.20. The first kappa shape index (κ1) is 22.6. The summed E-state index contributed by atoms with van der Waals surface area (Å²) in [6.45, 7) is 0. The van der Waals surface area contributed by atoms with Crippen molar-refractivity contribution in [2.24, 2.45) is 0 Å². The Bertz CT molecular complexity index is 1370. The molecule has 3 N–H and O–H groups in total. The lowest BCUT2D eigenvalue weighted by molar-refractivity contribution is 0.102. The standard InChI is InChI=1S/C27H20N4O2S/c28-18-19-9-4-6-15-24(19)34-25-16-7-5-14-23(25)26(32)29-21-12-8-13-22(17-21)31-27(33)30-20-10-2-1-3-11-20/h1-17H,(H,29,32)(H2,30,31,33). The van der Waals surface area contributed by atoms with Gasteiger partial charge in [0.15, 0.2) is 0 Å². The molecule has 3 amide bonds. The number of amides is 3. The summed E-state index contributed by atoms with van der Waals surface area (Å²) in [7, 11) is 0. The minimum absolute atomic E-state index is 0.288. The van der Waals surface area contributed by atoms with Crippen molar-refractivity contribution in [2.45, 2.75) is 9.79 Å². The second-order valence-corrected chi connectivity index (χ2v) is 8.27. The molecule has 6 nitrogen and oxygen atoms in total. The third kappa shape index (κ3) is 5.82. The Balaban J connectivity index is 1.46. The molecule has 0 aromatic heterocycles. The summed E-state index contributed by atoms with van der Waals surface area (Å²) in [5, 5.41) is 17.8. The molecule has 4 aromatic rings. The number of para-hydroxylation sites is 1. The van der Waals surface area contributed by atoms with Crippen molar-refractivity contribution in [3.05, 3.63) is 114 Å². The van der Waals surface area contributed by atoms with Gasteiger partial charge in [-0.15, -0.1) is 0 Å². The van der Waals surface area contributed by atoms with Gasteiger partial charge < -0.3 is 16.0 Å². The second kappa shape index (κ2) is 10.9. The highest BCUT2D eigenvalue weighted by Crippen LogP contribution is 2.33. The smallest absolute Gasteiger partial charge is 0.322 e. The van der Waals surface area contributed by atoms with Gasteiger partial charge in [-0.25, -0.2) is 4.79 Å². The van der Waals surface area contributed by atoms with Gasteiger partial charge in [0.2, 0.25) is 0 Å². The SMILES string of the molecule is N#Cc1ccccc1Sc1ccccc1C(=O)Nc1cccc(NC(=O)Nc2ccccc2)c1. The molecule has 7 heteroatoms. The summed E-state index contributed by atoms with van der Waals surface area (Å²) in [6.07, 6.45) is 0. The van der Waals surface area contributed by atoms with Crippen LogP contribution < -0.4 is 16.0 Å². The number of carbonyl (C=O) groups is 2. The highest BCUT2D eigenvalue weighted by atomic mass is 32.2. The van der Waals surface area contributed by atoms with Crippen LogP contribution in [0.3, 0.4) is 0 Å². The van der Waals surface area contributed by atoms with Gasteiger partial charge >= 0.3 is 6.03 Å². The van der Waals surface area contributed by atoms with E-state index in [9.17, 15) is 14.9 Å². The Morgan fingerprint density at radius 3 is 2.00 bits per heavy atom. The molecule has 0 heterocycles. The van der Waals surface area contributed by atoms with Crippen LogP contribution in [0.4, 0.5) is 21.9 Å². The molecule has 0 saturated heterocycles. The number of rotatable bonds is 6. The molecule has 0 spiro atoms. The van der Waals surface area contributed by atoms with Crippen molar-refractivity contribution in [1.82, 2.24) is 0 Å². The summed E-state index contributed by atoms with van der Waals surface area (Å²) in [4.78, 5) is 26.9. The molecule has 166 valence electrons. The summed E-state index contributed by atoms with van der Waals surface area (Å²) in [5.74, 6) is -0.288. The van der Waals surface area contributed by atoms with Gasteiger partial charge in [-0.05, 0) is 54.6 Å². The van der Waals surface area contributed by atoms with Crippen molar-refractivity contribution < 1.29 is 9.59 Å². The zero-order valence-electron chi connectivity index (χ0n) is 18.0. The van der Waals surface area contributed by atoms with E-state index in [1.165, 1.54) is 11.8 Å². The lowest BCUT2D eigenvalue weighted by Crippen LogP contribution is -2.19. The van der Waals surface area contributed by atoms with E-state index in [0.717, 1.165) is 9.79 Å². The van der Waals surface area contributed by atoms with Crippen molar-refractivity contribution in [1.29, 1.82) is 5.26 Å². The highest BCUT2D eigenvalue weighted by molar-refractivity contribution is 7.99. The van der Waals surface area contributed by atoms with Crippen LogP contribution in [0.2, 0.25) is 0 Å². The van der Waals surface area contributed by atoms with E-state index in [2.05, 4.69) is 22.0 Å². The highest BCUT2D eigenvalue weighted by Gasteiger charge is 2.14. The normalized spacial score (nSPS) is 10.1. The first-order chi connectivity index (χ1) is 16.6. The van der Waals surface area contributed by atoms with Gasteiger partial charge in [-0.3, -0.25) is 4.79 Å². The van der Waals surface area contributed by atoms with Crippen LogP contribution >= 0.6 is 11.8 Å². The Morgan fingerprint density at radius 2 is 1.24 bits per heavy atom. The molecule has 34 heavy (non-hydrogen) atoms. The molecule has 4 rings (SSSR count). The number of nitriles is 1. The Labute approximate surface area is 201 Å². The zero-order chi connectivity index (χ0) is 23.8. The van der Waals surface area contributed by atoms with Crippen molar-refractivity contribution in [2.75, 3.05) is 16.0 Å². The minimum atomic E-state index is -0.382. The third-order valence-electron chi connectivity index (χ3n) is 4.77. The number of hydrogen-bond donors (Lipinski definition) is 3. The topological polar surface area (TPSA) is 94.0 Å². The fraction of sp³-hybridized carbons (Fsp3) is 0. The van der Waals surface area contributed by atoms with Gasteiger partial charge in [0.05, 0.1) is 11.1 Å². The Hall–Kier alpha value is -4.54. The molecule has 0 fully saturated rings. The van der Waals surface area contributed by atoms with E-state index < -0.39 is 0 Å². The lowest BCUT2D eigenvalue weighted by atomic mass is 10.2. The maximum atomic E-state index is 13.1. The number of urea groups is 1. The van der Waals surface area contributed by atoms with Crippen molar-refractivity contribution in [3.8, 4) is 6.07 Å². The quantitative estimate of drug-likeness (QED) is 0.299. The van der Waals surface area contributed by atoms with Gasteiger partial charge in [-0.1, -0.05) is 60.3 Å². The van der Waals surface area contributed by atoms with Crippen LogP contribution in [-0.4, -0.2) is 11.9 Å². The molecule has 0 saturated carbocycles. The van der Waals surface area contributed by atoms with Crippen molar-refractivity contribution in [3.63, 3.8) is 0 Å². The molecule has 0 unspecified atom stereocenters. The van der Waals surface area contributed by atoms with Crippen molar-refractivity contribution >= 4 is 40.8 Å². The molecular formula is C27H20N4O2S. The summed E-state index contributed by atoms with van der Waals surface area (Å²) < 4.78 is 0. The number of hydrogen-bond acceptors (Lipinski definition) is 4. The van der Waals surface area contributed by atoms with Gasteiger partial charge in [-0.2, -0.15) is 5.26 Å². The Morgan fingerprint density at radius 1 is 0.647 bits per heavy atom. The van der Waals surface area contributed by atoms with E-state index >= 15 is 0 Å². The number of nitrogens with zero attached hydrogens (tertiary/aromatic N) is 1. The number of nitrogens with one attached hydrogen (secondary N) is 3. The van der Waals surface area contributed by atoms with Crippen LogP contribution in [0.25, 0.3) is 0 Å². The predicted molar refractivity (Wildman–Crippen MR) is 135 cm³/mol. The molecule has 0 aliphatic rings. The largest absolute Gasteiger partial charge is 0.323 e. The van der Waals surface area contributed by atoms with E-state index in [-0.39, 0.29) is 11.9 Å². The lowest BCUT2D eigenvalue weighted by Gasteiger charge is -2.12. The molecule has 0 aliphatic carbocycles. The molecular weight excluding hydrogens is 444 g/mol. The number of carbonyl (C=O) groups excluding carboxylic acids is 2. The average Bonchev–Trinajstić information content (AvgIpc) is 2.85. The molecule has 0 bridgehead atoms. The van der Waals surface area contributed by atoms with Crippen LogP contribution in [0, 0.1) is 11.3 Å². The monoisotopic (exact) mass is 464 g/mol. The van der Waals surface area contributed by atoms with E-state index in [1.807, 2.05) is 48.5 Å². The third-order valence-corrected chi connectivity index (χ3v) is 5.92. The van der Waals surface area contributed by atoms with Crippen LogP contribution in [-0.2, 0) is 0 Å². The number of anilines is 3. The van der Waals surface area contributed by atoms with E-state index in [4.69, 9.17) is 0 Å².